The molecule has 2 aromatic rings. The van der Waals surface area contributed by atoms with Gasteiger partial charge in [0, 0.05) is 36.6 Å². The zero-order chi connectivity index (χ0) is 15.9. The second kappa shape index (κ2) is 7.26. The highest BCUT2D eigenvalue weighted by Gasteiger charge is 2.03. The molecule has 1 aromatic heterocycles. The monoisotopic (exact) mass is 302 g/mol. The Labute approximate surface area is 127 Å². The van der Waals surface area contributed by atoms with Gasteiger partial charge in [-0.2, -0.15) is 0 Å². The summed E-state index contributed by atoms with van der Waals surface area (Å²) in [7, 11) is 1.56. The number of hydrogen-bond acceptors (Lipinski definition) is 4. The summed E-state index contributed by atoms with van der Waals surface area (Å²) in [6.07, 6.45) is 1.47. The standard InChI is InChI=1S/C15H18N4O3/c1-11-8-14(20)19(10-17-11)7-6-16-15(21)18-12-4-3-5-13(9-12)22-2/h3-5,8-10H,6-7H2,1-2H3,(H2,16,18,21). The Balaban J connectivity index is 1.83. The molecule has 116 valence electrons. The number of ether oxygens (including phenoxy) is 1. The number of methoxy groups -OCH3 is 1. The van der Waals surface area contributed by atoms with Crippen LogP contribution in [0.15, 0.2) is 41.5 Å². The van der Waals surface area contributed by atoms with Crippen LogP contribution in [0.3, 0.4) is 0 Å². The van der Waals surface area contributed by atoms with Gasteiger partial charge in [0.25, 0.3) is 5.56 Å². The molecule has 0 saturated carbocycles. The van der Waals surface area contributed by atoms with Gasteiger partial charge in [-0.3, -0.25) is 9.36 Å². The summed E-state index contributed by atoms with van der Waals surface area (Å²) >= 11 is 0. The third kappa shape index (κ3) is 4.34. The van der Waals surface area contributed by atoms with Crippen molar-refractivity contribution in [3.05, 3.63) is 52.7 Å². The van der Waals surface area contributed by atoms with Crippen LogP contribution in [-0.2, 0) is 6.54 Å². The van der Waals surface area contributed by atoms with Crippen LogP contribution in [0, 0.1) is 6.92 Å². The lowest BCUT2D eigenvalue weighted by atomic mass is 10.3. The smallest absolute Gasteiger partial charge is 0.319 e. The van der Waals surface area contributed by atoms with Crippen molar-refractivity contribution >= 4 is 11.7 Å². The molecule has 0 aliphatic rings. The van der Waals surface area contributed by atoms with E-state index in [9.17, 15) is 9.59 Å². The fourth-order valence-electron chi connectivity index (χ4n) is 1.85. The van der Waals surface area contributed by atoms with Gasteiger partial charge in [-0.1, -0.05) is 6.07 Å². The van der Waals surface area contributed by atoms with E-state index in [-0.39, 0.29) is 11.6 Å². The number of carbonyl (C=O) groups excluding carboxylic acids is 1. The Hall–Kier alpha value is -2.83. The van der Waals surface area contributed by atoms with E-state index in [1.807, 2.05) is 0 Å². The zero-order valence-electron chi connectivity index (χ0n) is 12.5. The summed E-state index contributed by atoms with van der Waals surface area (Å²) in [5, 5.41) is 5.37. The Kier molecular flexibility index (Phi) is 5.13. The second-order valence-corrected chi connectivity index (χ2v) is 4.67. The number of benzene rings is 1. The number of nitrogens with one attached hydrogen (secondary N) is 2. The molecule has 2 N–H and O–H groups in total. The minimum absolute atomic E-state index is 0.137. The third-order valence-corrected chi connectivity index (χ3v) is 2.98. The molecule has 0 spiro atoms. The molecule has 0 saturated heterocycles. The van der Waals surface area contributed by atoms with E-state index in [0.29, 0.717) is 30.2 Å². The van der Waals surface area contributed by atoms with Gasteiger partial charge < -0.3 is 15.4 Å². The number of anilines is 1. The van der Waals surface area contributed by atoms with E-state index in [1.54, 1.807) is 38.3 Å². The molecule has 0 radical (unpaired) electrons. The van der Waals surface area contributed by atoms with Crippen molar-refractivity contribution in [3.8, 4) is 5.75 Å². The lowest BCUT2D eigenvalue weighted by Crippen LogP contribution is -2.33. The zero-order valence-corrected chi connectivity index (χ0v) is 12.5. The molecule has 0 fully saturated rings. The molecule has 0 unspecified atom stereocenters. The van der Waals surface area contributed by atoms with Crippen molar-refractivity contribution < 1.29 is 9.53 Å². The average Bonchev–Trinajstić information content (AvgIpc) is 2.49. The van der Waals surface area contributed by atoms with E-state index in [2.05, 4.69) is 15.6 Å². The number of amides is 2. The molecule has 1 aromatic carbocycles. The predicted octanol–water partition coefficient (Wildman–Crippen LogP) is 1.38. The molecule has 1 heterocycles. The molecular weight excluding hydrogens is 284 g/mol. The predicted molar refractivity (Wildman–Crippen MR) is 83.2 cm³/mol. The van der Waals surface area contributed by atoms with Crippen molar-refractivity contribution in [2.75, 3.05) is 19.0 Å². The molecular formula is C15H18N4O3. The van der Waals surface area contributed by atoms with Crippen molar-refractivity contribution in [2.24, 2.45) is 0 Å². The summed E-state index contributed by atoms with van der Waals surface area (Å²) in [6.45, 7) is 2.43. The maximum absolute atomic E-state index is 11.8. The fraction of sp³-hybridized carbons (Fsp3) is 0.267. The summed E-state index contributed by atoms with van der Waals surface area (Å²) < 4.78 is 6.52. The summed E-state index contributed by atoms with van der Waals surface area (Å²) in [4.78, 5) is 27.5. The highest BCUT2D eigenvalue weighted by molar-refractivity contribution is 5.89. The maximum atomic E-state index is 11.8. The summed E-state index contributed by atoms with van der Waals surface area (Å²) in [5.74, 6) is 0.662. The molecule has 0 atom stereocenters. The molecule has 0 aliphatic heterocycles. The van der Waals surface area contributed by atoms with Crippen LogP contribution in [0.5, 0.6) is 5.75 Å². The Bertz CT molecular complexity index is 712. The Morgan fingerprint density at radius 2 is 2.18 bits per heavy atom. The highest BCUT2D eigenvalue weighted by Crippen LogP contribution is 2.16. The van der Waals surface area contributed by atoms with Crippen molar-refractivity contribution in [3.63, 3.8) is 0 Å². The van der Waals surface area contributed by atoms with Crippen molar-refractivity contribution in [1.82, 2.24) is 14.9 Å². The fourth-order valence-corrected chi connectivity index (χ4v) is 1.85. The highest BCUT2D eigenvalue weighted by atomic mass is 16.5. The van der Waals surface area contributed by atoms with Crippen LogP contribution in [0.2, 0.25) is 0 Å². The molecule has 2 rings (SSSR count). The van der Waals surface area contributed by atoms with Crippen LogP contribution >= 0.6 is 0 Å². The Morgan fingerprint density at radius 1 is 1.36 bits per heavy atom. The van der Waals surface area contributed by atoms with E-state index in [4.69, 9.17) is 4.74 Å². The van der Waals surface area contributed by atoms with Crippen LogP contribution < -0.4 is 20.9 Å². The molecule has 7 nitrogen and oxygen atoms in total. The van der Waals surface area contributed by atoms with Crippen LogP contribution in [-0.4, -0.2) is 29.2 Å². The van der Waals surface area contributed by atoms with Gasteiger partial charge in [-0.25, -0.2) is 9.78 Å². The quantitative estimate of drug-likeness (QED) is 0.874. The number of hydrogen-bond donors (Lipinski definition) is 2. The number of aryl methyl sites for hydroxylation is 1. The molecule has 7 heteroatoms. The minimum Gasteiger partial charge on any atom is -0.497 e. The third-order valence-electron chi connectivity index (χ3n) is 2.98. The second-order valence-electron chi connectivity index (χ2n) is 4.67. The molecule has 0 aliphatic carbocycles. The molecule has 22 heavy (non-hydrogen) atoms. The minimum atomic E-state index is -0.346. The van der Waals surface area contributed by atoms with Gasteiger partial charge in [0.1, 0.15) is 5.75 Å². The number of nitrogens with zero attached hydrogens (tertiary/aromatic N) is 2. The first-order valence-electron chi connectivity index (χ1n) is 6.80. The van der Waals surface area contributed by atoms with Gasteiger partial charge in [0.2, 0.25) is 0 Å². The van der Waals surface area contributed by atoms with E-state index >= 15 is 0 Å². The first kappa shape index (κ1) is 15.6. The van der Waals surface area contributed by atoms with Crippen molar-refractivity contribution in [2.45, 2.75) is 13.5 Å². The maximum Gasteiger partial charge on any atom is 0.319 e. The lowest BCUT2D eigenvalue weighted by Gasteiger charge is -2.09. The van der Waals surface area contributed by atoms with E-state index in [1.165, 1.54) is 17.0 Å². The van der Waals surface area contributed by atoms with Gasteiger partial charge in [0.05, 0.1) is 13.4 Å². The van der Waals surface area contributed by atoms with Gasteiger partial charge in [0.15, 0.2) is 0 Å². The van der Waals surface area contributed by atoms with Crippen molar-refractivity contribution in [1.29, 1.82) is 0 Å². The van der Waals surface area contributed by atoms with E-state index < -0.39 is 0 Å². The van der Waals surface area contributed by atoms with Crippen LogP contribution in [0.25, 0.3) is 0 Å². The lowest BCUT2D eigenvalue weighted by molar-refractivity contribution is 0.251. The number of urea groups is 1. The van der Waals surface area contributed by atoms with Gasteiger partial charge >= 0.3 is 6.03 Å². The largest absolute Gasteiger partial charge is 0.497 e. The summed E-state index contributed by atoms with van der Waals surface area (Å²) in [6, 6.07) is 8.16. The number of rotatable bonds is 5. The number of carbonyl (C=O) groups is 1. The average molecular weight is 302 g/mol. The molecule has 0 bridgehead atoms. The first-order valence-corrected chi connectivity index (χ1v) is 6.80. The topological polar surface area (TPSA) is 85.2 Å². The van der Waals surface area contributed by atoms with Gasteiger partial charge in [-0.05, 0) is 19.1 Å². The van der Waals surface area contributed by atoms with Gasteiger partial charge in [-0.15, -0.1) is 0 Å². The van der Waals surface area contributed by atoms with E-state index in [0.717, 1.165) is 0 Å². The van der Waals surface area contributed by atoms with Crippen LogP contribution in [0.4, 0.5) is 10.5 Å². The SMILES string of the molecule is COc1cccc(NC(=O)NCCn2cnc(C)cc2=O)c1. The number of aromatic nitrogens is 2. The van der Waals surface area contributed by atoms with Crippen LogP contribution in [0.1, 0.15) is 5.69 Å². The molecule has 2 amide bonds. The summed E-state index contributed by atoms with van der Waals surface area (Å²) in [5.41, 5.74) is 1.17. The normalized spacial score (nSPS) is 10.1. The first-order chi connectivity index (χ1) is 10.6. The Morgan fingerprint density at radius 3 is 2.91 bits per heavy atom.